The van der Waals surface area contributed by atoms with Gasteiger partial charge in [0.25, 0.3) is 0 Å². The van der Waals surface area contributed by atoms with E-state index in [1.807, 2.05) is 6.07 Å². The number of ether oxygens (including phenoxy) is 1. The zero-order chi connectivity index (χ0) is 12.0. The van der Waals surface area contributed by atoms with Crippen molar-refractivity contribution in [3.05, 3.63) is 35.9 Å². The quantitative estimate of drug-likeness (QED) is 0.573. The fourth-order valence-corrected chi connectivity index (χ4v) is 1.64. The van der Waals surface area contributed by atoms with Gasteiger partial charge in [-0.2, -0.15) is 0 Å². The lowest BCUT2D eigenvalue weighted by molar-refractivity contribution is 0.185. The Kier molecular flexibility index (Phi) is 4.64. The summed E-state index contributed by atoms with van der Waals surface area (Å²) in [4.78, 5) is 0. The molecule has 2 heteroatoms. The van der Waals surface area contributed by atoms with Gasteiger partial charge in [0.15, 0.2) is 0 Å². The highest BCUT2D eigenvalue weighted by atomic mass is 28.3. The lowest BCUT2D eigenvalue weighted by Gasteiger charge is -2.09. The van der Waals surface area contributed by atoms with Crippen molar-refractivity contribution in [2.75, 3.05) is 0 Å². The maximum Gasteiger partial charge on any atom is 0.133 e. The van der Waals surface area contributed by atoms with Gasteiger partial charge in [-0.1, -0.05) is 55.5 Å². The Hall–Kier alpha value is -1.20. The summed E-state index contributed by atoms with van der Waals surface area (Å²) in [7, 11) is -1.30. The van der Waals surface area contributed by atoms with Gasteiger partial charge in [-0.05, 0) is 12.5 Å². The van der Waals surface area contributed by atoms with Gasteiger partial charge in [0, 0.05) is 6.42 Å². The van der Waals surface area contributed by atoms with Crippen LogP contribution in [0.25, 0.3) is 0 Å². The molecule has 0 aliphatic rings. The Labute approximate surface area is 99.8 Å². The van der Waals surface area contributed by atoms with Crippen LogP contribution < -0.4 is 0 Å². The van der Waals surface area contributed by atoms with Crippen LogP contribution >= 0.6 is 0 Å². The average molecular weight is 232 g/mol. The Morgan fingerprint density at radius 1 is 1.19 bits per heavy atom. The van der Waals surface area contributed by atoms with Crippen LogP contribution in [-0.4, -0.2) is 14.2 Å². The molecule has 16 heavy (non-hydrogen) atoms. The molecule has 1 aromatic rings. The summed E-state index contributed by atoms with van der Waals surface area (Å²) in [6.07, 6.45) is 3.93. The Morgan fingerprint density at radius 2 is 1.81 bits per heavy atom. The SMILES string of the molecule is CC(Cc1ccccc1)OC#C[Si](C)(C)C. The minimum Gasteiger partial charge on any atom is -0.444 e. The highest BCUT2D eigenvalue weighted by Gasteiger charge is 2.08. The van der Waals surface area contributed by atoms with E-state index in [0.29, 0.717) is 0 Å². The number of benzene rings is 1. The first-order chi connectivity index (χ1) is 7.47. The monoisotopic (exact) mass is 232 g/mol. The molecule has 0 fully saturated rings. The maximum absolute atomic E-state index is 5.50. The molecule has 1 unspecified atom stereocenters. The van der Waals surface area contributed by atoms with E-state index in [2.05, 4.69) is 62.5 Å². The molecule has 1 rings (SSSR count). The van der Waals surface area contributed by atoms with E-state index >= 15 is 0 Å². The highest BCUT2D eigenvalue weighted by molar-refractivity contribution is 6.83. The average Bonchev–Trinajstić information content (AvgIpc) is 2.17. The molecule has 1 nitrogen and oxygen atoms in total. The number of rotatable bonds is 3. The molecule has 0 radical (unpaired) electrons. The molecule has 1 atom stereocenters. The van der Waals surface area contributed by atoms with Gasteiger partial charge in [0.2, 0.25) is 0 Å². The van der Waals surface area contributed by atoms with E-state index in [0.717, 1.165) is 6.42 Å². The van der Waals surface area contributed by atoms with Gasteiger partial charge in [-0.15, -0.1) is 0 Å². The second-order valence-electron chi connectivity index (χ2n) is 5.10. The molecule has 1 aromatic carbocycles. The normalized spacial score (nSPS) is 12.5. The topological polar surface area (TPSA) is 9.23 Å². The van der Waals surface area contributed by atoms with Gasteiger partial charge in [0.1, 0.15) is 20.3 Å². The molecule has 0 saturated heterocycles. The van der Waals surface area contributed by atoms with E-state index < -0.39 is 8.07 Å². The van der Waals surface area contributed by atoms with Crippen molar-refractivity contribution in [1.29, 1.82) is 0 Å². The second-order valence-corrected chi connectivity index (χ2v) is 9.85. The standard InChI is InChI=1S/C14H20OSi/c1-13(15-10-11-16(2,3)4)12-14-8-6-5-7-9-14/h5-9,13H,12H2,1-4H3. The Bertz CT molecular complexity index is 367. The third-order valence-corrected chi connectivity index (χ3v) is 2.90. The zero-order valence-corrected chi connectivity index (χ0v) is 11.6. The third kappa shape index (κ3) is 5.62. The Morgan fingerprint density at radius 3 is 2.38 bits per heavy atom. The molecular weight excluding hydrogens is 212 g/mol. The molecule has 0 heterocycles. The highest BCUT2D eigenvalue weighted by Crippen LogP contribution is 2.05. The van der Waals surface area contributed by atoms with Crippen LogP contribution in [0.2, 0.25) is 19.6 Å². The maximum atomic E-state index is 5.50. The molecule has 0 N–H and O–H groups in total. The predicted molar refractivity (Wildman–Crippen MR) is 71.8 cm³/mol. The summed E-state index contributed by atoms with van der Waals surface area (Å²) in [5.41, 5.74) is 4.50. The van der Waals surface area contributed by atoms with E-state index in [-0.39, 0.29) is 6.10 Å². The van der Waals surface area contributed by atoms with E-state index in [1.165, 1.54) is 5.56 Å². The summed E-state index contributed by atoms with van der Waals surface area (Å²) in [5.74, 6) is 0. The van der Waals surface area contributed by atoms with Crippen LogP contribution in [0, 0.1) is 11.7 Å². The van der Waals surface area contributed by atoms with Crippen LogP contribution in [0.3, 0.4) is 0 Å². The Balaban J connectivity index is 2.42. The van der Waals surface area contributed by atoms with Crippen molar-refractivity contribution in [2.45, 2.75) is 39.1 Å². The summed E-state index contributed by atoms with van der Waals surface area (Å²) >= 11 is 0. The summed E-state index contributed by atoms with van der Waals surface area (Å²) < 4.78 is 5.50. The first kappa shape index (κ1) is 12.9. The van der Waals surface area contributed by atoms with Crippen molar-refractivity contribution >= 4 is 8.07 Å². The molecule has 0 aromatic heterocycles. The van der Waals surface area contributed by atoms with Crippen molar-refractivity contribution in [1.82, 2.24) is 0 Å². The minimum absolute atomic E-state index is 0.159. The third-order valence-electron chi connectivity index (χ3n) is 2.05. The molecule has 0 aliphatic heterocycles. The lowest BCUT2D eigenvalue weighted by Crippen LogP contribution is -2.17. The van der Waals surface area contributed by atoms with Crippen molar-refractivity contribution in [3.63, 3.8) is 0 Å². The van der Waals surface area contributed by atoms with Gasteiger partial charge in [-0.3, -0.25) is 0 Å². The molecule has 0 amide bonds. The smallest absolute Gasteiger partial charge is 0.133 e. The first-order valence-electron chi connectivity index (χ1n) is 5.69. The predicted octanol–water partition coefficient (Wildman–Crippen LogP) is 3.47. The van der Waals surface area contributed by atoms with Crippen LogP contribution in [-0.2, 0) is 11.2 Å². The zero-order valence-electron chi connectivity index (χ0n) is 10.6. The van der Waals surface area contributed by atoms with Crippen LogP contribution in [0.5, 0.6) is 0 Å². The van der Waals surface area contributed by atoms with E-state index in [4.69, 9.17) is 4.74 Å². The van der Waals surface area contributed by atoms with Crippen molar-refractivity contribution < 1.29 is 4.74 Å². The summed E-state index contributed by atoms with van der Waals surface area (Å²) in [5, 5.41) is 0. The minimum atomic E-state index is -1.30. The van der Waals surface area contributed by atoms with Crippen LogP contribution in [0.1, 0.15) is 12.5 Å². The fraction of sp³-hybridized carbons (Fsp3) is 0.429. The van der Waals surface area contributed by atoms with Gasteiger partial charge in [0.05, 0.1) is 0 Å². The second kappa shape index (κ2) is 5.76. The summed E-state index contributed by atoms with van der Waals surface area (Å²) in [6.45, 7) is 8.70. The van der Waals surface area contributed by atoms with E-state index in [1.54, 1.807) is 0 Å². The molecule has 0 spiro atoms. The largest absolute Gasteiger partial charge is 0.444 e. The van der Waals surface area contributed by atoms with E-state index in [9.17, 15) is 0 Å². The molecular formula is C14H20OSi. The van der Waals surface area contributed by atoms with Gasteiger partial charge >= 0.3 is 0 Å². The van der Waals surface area contributed by atoms with Crippen molar-refractivity contribution in [2.24, 2.45) is 0 Å². The molecule has 0 saturated carbocycles. The van der Waals surface area contributed by atoms with Crippen LogP contribution in [0.15, 0.2) is 30.3 Å². The lowest BCUT2D eigenvalue weighted by atomic mass is 10.1. The number of hydrogen-bond donors (Lipinski definition) is 0. The molecule has 0 aliphatic carbocycles. The van der Waals surface area contributed by atoms with Gasteiger partial charge in [-0.25, -0.2) is 0 Å². The van der Waals surface area contributed by atoms with Gasteiger partial charge < -0.3 is 4.74 Å². The first-order valence-corrected chi connectivity index (χ1v) is 9.19. The van der Waals surface area contributed by atoms with Crippen molar-refractivity contribution in [3.8, 4) is 11.7 Å². The number of hydrogen-bond acceptors (Lipinski definition) is 1. The molecule has 0 bridgehead atoms. The summed E-state index contributed by atoms with van der Waals surface area (Å²) in [6, 6.07) is 10.4. The van der Waals surface area contributed by atoms with Crippen LogP contribution in [0.4, 0.5) is 0 Å². The molecule has 86 valence electrons. The fourth-order valence-electron chi connectivity index (χ4n) is 1.27.